The van der Waals surface area contributed by atoms with Crippen LogP contribution in [0.3, 0.4) is 0 Å². The molecule has 1 fully saturated rings. The SMILES string of the molecule is CCN(CCN1C(=O)CSC1=O)C(=O)OC(C)(C)C. The van der Waals surface area contributed by atoms with Gasteiger partial charge >= 0.3 is 6.09 Å². The molecule has 0 atom stereocenters. The second kappa shape index (κ2) is 6.27. The number of carbonyl (C=O) groups is 3. The quantitative estimate of drug-likeness (QED) is 0.791. The topological polar surface area (TPSA) is 66.9 Å². The first kappa shape index (κ1) is 15.8. The molecule has 1 heterocycles. The lowest BCUT2D eigenvalue weighted by Gasteiger charge is -2.27. The monoisotopic (exact) mass is 288 g/mol. The average Bonchev–Trinajstić information content (AvgIpc) is 2.58. The van der Waals surface area contributed by atoms with Gasteiger partial charge in [-0.25, -0.2) is 4.79 Å². The van der Waals surface area contributed by atoms with Gasteiger partial charge in [0, 0.05) is 19.6 Å². The molecule has 0 radical (unpaired) electrons. The van der Waals surface area contributed by atoms with Crippen LogP contribution in [-0.4, -0.2) is 58.0 Å². The summed E-state index contributed by atoms with van der Waals surface area (Å²) >= 11 is 0.994. The van der Waals surface area contributed by atoms with Crippen molar-refractivity contribution < 1.29 is 19.1 Å². The maximum absolute atomic E-state index is 11.9. The Bertz CT molecular complexity index is 362. The zero-order valence-corrected chi connectivity index (χ0v) is 12.6. The summed E-state index contributed by atoms with van der Waals surface area (Å²) in [6.07, 6.45) is -0.429. The molecular weight excluding hydrogens is 268 g/mol. The molecule has 19 heavy (non-hydrogen) atoms. The highest BCUT2D eigenvalue weighted by Gasteiger charge is 2.30. The summed E-state index contributed by atoms with van der Waals surface area (Å²) in [6, 6.07) is 0. The lowest BCUT2D eigenvalue weighted by Crippen LogP contribution is -2.42. The summed E-state index contributed by atoms with van der Waals surface area (Å²) in [4.78, 5) is 37.4. The molecule has 1 aliphatic heterocycles. The van der Waals surface area contributed by atoms with E-state index in [0.717, 1.165) is 11.8 Å². The number of likely N-dealkylation sites (N-methyl/N-ethyl adjacent to an activating group) is 1. The van der Waals surface area contributed by atoms with E-state index in [4.69, 9.17) is 4.74 Å². The molecule has 0 N–H and O–H groups in total. The zero-order chi connectivity index (χ0) is 14.6. The highest BCUT2D eigenvalue weighted by molar-refractivity contribution is 8.14. The van der Waals surface area contributed by atoms with Crippen molar-refractivity contribution in [1.82, 2.24) is 9.80 Å². The fourth-order valence-corrected chi connectivity index (χ4v) is 2.27. The summed E-state index contributed by atoms with van der Waals surface area (Å²) in [6.45, 7) is 8.19. The highest BCUT2D eigenvalue weighted by atomic mass is 32.2. The molecule has 108 valence electrons. The Kier molecular flexibility index (Phi) is 5.22. The van der Waals surface area contributed by atoms with Gasteiger partial charge in [0.1, 0.15) is 5.60 Å². The Labute approximate surface area is 117 Å². The first-order chi connectivity index (χ1) is 8.74. The number of nitrogens with zero attached hydrogens (tertiary/aromatic N) is 2. The van der Waals surface area contributed by atoms with Gasteiger partial charge in [-0.05, 0) is 27.7 Å². The predicted molar refractivity (Wildman–Crippen MR) is 73.0 cm³/mol. The van der Waals surface area contributed by atoms with Crippen molar-refractivity contribution in [2.24, 2.45) is 0 Å². The predicted octanol–water partition coefficient (Wildman–Crippen LogP) is 1.94. The van der Waals surface area contributed by atoms with Crippen LogP contribution in [0.1, 0.15) is 27.7 Å². The molecule has 0 aliphatic carbocycles. The van der Waals surface area contributed by atoms with Gasteiger partial charge in [0.2, 0.25) is 5.91 Å². The van der Waals surface area contributed by atoms with Crippen molar-refractivity contribution in [1.29, 1.82) is 0 Å². The molecule has 0 aromatic heterocycles. The van der Waals surface area contributed by atoms with Gasteiger partial charge in [-0.2, -0.15) is 0 Å². The van der Waals surface area contributed by atoms with Crippen molar-refractivity contribution in [3.05, 3.63) is 0 Å². The minimum atomic E-state index is -0.556. The molecule has 0 saturated carbocycles. The largest absolute Gasteiger partial charge is 0.444 e. The van der Waals surface area contributed by atoms with E-state index in [-0.39, 0.29) is 23.4 Å². The molecule has 1 aliphatic rings. The third kappa shape index (κ3) is 4.74. The number of ether oxygens (including phenoxy) is 1. The highest BCUT2D eigenvalue weighted by Crippen LogP contribution is 2.18. The Hall–Kier alpha value is -1.24. The molecule has 3 amide bonds. The zero-order valence-electron chi connectivity index (χ0n) is 11.8. The van der Waals surface area contributed by atoms with Crippen LogP contribution in [-0.2, 0) is 9.53 Å². The van der Waals surface area contributed by atoms with Gasteiger partial charge < -0.3 is 9.64 Å². The molecule has 0 aromatic carbocycles. The van der Waals surface area contributed by atoms with Gasteiger partial charge in [0.15, 0.2) is 0 Å². The maximum atomic E-state index is 11.9. The normalized spacial score (nSPS) is 15.9. The van der Waals surface area contributed by atoms with Crippen molar-refractivity contribution in [3.8, 4) is 0 Å². The fourth-order valence-electron chi connectivity index (χ4n) is 1.52. The standard InChI is InChI=1S/C12H20N2O4S/c1-5-13(10(16)18-12(2,3)4)6-7-14-9(15)8-19-11(14)17/h5-8H2,1-4H3. The lowest BCUT2D eigenvalue weighted by atomic mass is 10.2. The van der Waals surface area contributed by atoms with Crippen molar-refractivity contribution in [2.75, 3.05) is 25.4 Å². The molecule has 0 aromatic rings. The molecule has 7 heteroatoms. The second-order valence-electron chi connectivity index (χ2n) is 5.16. The number of rotatable bonds is 4. The van der Waals surface area contributed by atoms with Crippen LogP contribution in [0.4, 0.5) is 9.59 Å². The first-order valence-electron chi connectivity index (χ1n) is 6.19. The van der Waals surface area contributed by atoms with Crippen molar-refractivity contribution in [3.63, 3.8) is 0 Å². The van der Waals surface area contributed by atoms with Crippen LogP contribution in [0, 0.1) is 0 Å². The molecule has 6 nitrogen and oxygen atoms in total. The average molecular weight is 288 g/mol. The first-order valence-corrected chi connectivity index (χ1v) is 7.18. The van der Waals surface area contributed by atoms with Crippen LogP contribution in [0.25, 0.3) is 0 Å². The summed E-state index contributed by atoms with van der Waals surface area (Å²) < 4.78 is 5.25. The molecule has 1 rings (SSSR count). The van der Waals surface area contributed by atoms with Gasteiger partial charge in [0.25, 0.3) is 5.24 Å². The second-order valence-corrected chi connectivity index (χ2v) is 6.09. The summed E-state index contributed by atoms with van der Waals surface area (Å²) in [5.74, 6) is -0.00699. The van der Waals surface area contributed by atoms with E-state index in [1.165, 1.54) is 9.80 Å². The molecular formula is C12H20N2O4S. The summed E-state index contributed by atoms with van der Waals surface area (Å²) in [5.41, 5.74) is -0.556. The fraction of sp³-hybridized carbons (Fsp3) is 0.750. The van der Waals surface area contributed by atoms with Crippen LogP contribution in [0.2, 0.25) is 0 Å². The number of thioether (sulfide) groups is 1. The van der Waals surface area contributed by atoms with E-state index in [9.17, 15) is 14.4 Å². The van der Waals surface area contributed by atoms with E-state index in [1.54, 1.807) is 20.8 Å². The number of hydrogen-bond donors (Lipinski definition) is 0. The number of imide groups is 1. The third-order valence-corrected chi connectivity index (χ3v) is 3.33. The number of amides is 3. The molecule has 1 saturated heterocycles. The van der Waals surface area contributed by atoms with Crippen LogP contribution in [0.15, 0.2) is 0 Å². The van der Waals surface area contributed by atoms with E-state index in [1.807, 2.05) is 6.92 Å². The minimum absolute atomic E-state index is 0.192. The number of carbonyl (C=O) groups excluding carboxylic acids is 3. The number of hydrogen-bond acceptors (Lipinski definition) is 5. The van der Waals surface area contributed by atoms with Crippen LogP contribution >= 0.6 is 11.8 Å². The molecule has 0 unspecified atom stereocenters. The van der Waals surface area contributed by atoms with Gasteiger partial charge in [0.05, 0.1) is 5.75 Å². The van der Waals surface area contributed by atoms with Gasteiger partial charge in [-0.3, -0.25) is 14.5 Å². The Balaban J connectivity index is 2.51. The van der Waals surface area contributed by atoms with E-state index < -0.39 is 11.7 Å². The van der Waals surface area contributed by atoms with Gasteiger partial charge in [-0.1, -0.05) is 11.8 Å². The van der Waals surface area contributed by atoms with E-state index in [0.29, 0.717) is 13.1 Å². The van der Waals surface area contributed by atoms with Crippen molar-refractivity contribution in [2.45, 2.75) is 33.3 Å². The van der Waals surface area contributed by atoms with E-state index >= 15 is 0 Å². The van der Waals surface area contributed by atoms with Crippen molar-refractivity contribution >= 4 is 29.0 Å². The Morgan fingerprint density at radius 1 is 1.42 bits per heavy atom. The van der Waals surface area contributed by atoms with E-state index in [2.05, 4.69) is 0 Å². The Morgan fingerprint density at radius 3 is 2.47 bits per heavy atom. The third-order valence-electron chi connectivity index (χ3n) is 2.47. The smallest absolute Gasteiger partial charge is 0.410 e. The summed E-state index contributed by atoms with van der Waals surface area (Å²) in [7, 11) is 0. The Morgan fingerprint density at radius 2 is 2.05 bits per heavy atom. The van der Waals surface area contributed by atoms with Gasteiger partial charge in [-0.15, -0.1) is 0 Å². The summed E-state index contributed by atoms with van der Waals surface area (Å²) in [5, 5.41) is -0.245. The van der Waals surface area contributed by atoms with Crippen LogP contribution in [0.5, 0.6) is 0 Å². The van der Waals surface area contributed by atoms with Crippen LogP contribution < -0.4 is 0 Å². The lowest BCUT2D eigenvalue weighted by molar-refractivity contribution is -0.124. The molecule has 0 bridgehead atoms. The maximum Gasteiger partial charge on any atom is 0.410 e. The molecule has 0 spiro atoms. The minimum Gasteiger partial charge on any atom is -0.444 e.